The fraction of sp³-hybridized carbons (Fsp3) is 0.909. The molecule has 30 heavy (non-hydrogen) atoms. The van der Waals surface area contributed by atoms with E-state index in [1.807, 2.05) is 0 Å². The number of unbranched alkanes of at least 4 members (excludes halogenated alkanes) is 7. The van der Waals surface area contributed by atoms with Gasteiger partial charge in [0.25, 0.3) is 0 Å². The Labute approximate surface area is 181 Å². The van der Waals surface area contributed by atoms with Gasteiger partial charge >= 0.3 is 0 Å². The lowest BCUT2D eigenvalue weighted by molar-refractivity contribution is -0.133. The molecule has 1 aliphatic heterocycles. The van der Waals surface area contributed by atoms with Crippen molar-refractivity contribution in [1.82, 2.24) is 10.6 Å². The molecule has 0 bridgehead atoms. The van der Waals surface area contributed by atoms with Crippen molar-refractivity contribution < 1.29 is 28.5 Å². The molecule has 1 fully saturated rings. The zero-order valence-electron chi connectivity index (χ0n) is 18.8. The van der Waals surface area contributed by atoms with Gasteiger partial charge in [0.1, 0.15) is 13.2 Å². The largest absolute Gasteiger partial charge is 0.377 e. The predicted octanol–water partition coefficient (Wildman–Crippen LogP) is 2.20. The van der Waals surface area contributed by atoms with Crippen LogP contribution in [-0.2, 0) is 28.5 Å². The molecule has 1 unspecified atom stereocenters. The van der Waals surface area contributed by atoms with E-state index in [9.17, 15) is 9.59 Å². The summed E-state index contributed by atoms with van der Waals surface area (Å²) in [5.41, 5.74) is 0. The molecule has 2 amide bonds. The second kappa shape index (κ2) is 19.7. The molecule has 0 spiro atoms. The molecule has 0 radical (unpaired) electrons. The maximum absolute atomic E-state index is 12.0. The summed E-state index contributed by atoms with van der Waals surface area (Å²) in [6.07, 6.45) is 10.5. The first kappa shape index (κ1) is 26.8. The van der Waals surface area contributed by atoms with Crippen molar-refractivity contribution in [3.8, 4) is 0 Å². The van der Waals surface area contributed by atoms with Crippen molar-refractivity contribution in [2.75, 3.05) is 59.3 Å². The van der Waals surface area contributed by atoms with Crippen LogP contribution in [0.5, 0.6) is 0 Å². The number of hydrogen-bond acceptors (Lipinski definition) is 6. The molecule has 1 heterocycles. The Bertz CT molecular complexity index is 436. The summed E-state index contributed by atoms with van der Waals surface area (Å²) >= 11 is 0. The standard InChI is InChI=1S/C22H42N2O6/c1-2-3-4-5-6-7-8-9-10-20-17-29-18-21(25)23-11-13-27-15-16-28-14-12-24-22(26)19-30-20/h20H,2-19H2,1H3,(H,23,25)(H,24,26). The summed E-state index contributed by atoms with van der Waals surface area (Å²) in [4.78, 5) is 23.8. The molecule has 1 aliphatic rings. The minimum absolute atomic E-state index is 0.0135. The van der Waals surface area contributed by atoms with E-state index in [1.165, 1.54) is 38.5 Å². The zero-order chi connectivity index (χ0) is 21.7. The Hall–Kier alpha value is -1.22. The second-order valence-electron chi connectivity index (χ2n) is 7.64. The SMILES string of the molecule is CCCCCCCCCCC1COCC(=O)NCCOCCOCCNC(=O)CO1. The molecule has 0 aromatic carbocycles. The van der Waals surface area contributed by atoms with Crippen molar-refractivity contribution >= 4 is 11.8 Å². The Balaban J connectivity index is 2.32. The zero-order valence-corrected chi connectivity index (χ0v) is 18.8. The van der Waals surface area contributed by atoms with E-state index >= 15 is 0 Å². The van der Waals surface area contributed by atoms with E-state index < -0.39 is 0 Å². The highest BCUT2D eigenvalue weighted by atomic mass is 16.5. The fourth-order valence-electron chi connectivity index (χ4n) is 3.15. The van der Waals surface area contributed by atoms with Gasteiger partial charge in [-0.3, -0.25) is 9.59 Å². The Morgan fingerprint density at radius 1 is 0.733 bits per heavy atom. The molecule has 1 rings (SSSR count). The number of amides is 2. The van der Waals surface area contributed by atoms with Gasteiger partial charge in [-0.1, -0.05) is 58.3 Å². The van der Waals surface area contributed by atoms with Crippen molar-refractivity contribution in [2.45, 2.75) is 70.8 Å². The predicted molar refractivity (Wildman–Crippen MR) is 115 cm³/mol. The van der Waals surface area contributed by atoms with Gasteiger partial charge in [0, 0.05) is 13.1 Å². The molecule has 8 nitrogen and oxygen atoms in total. The van der Waals surface area contributed by atoms with Crippen LogP contribution in [0.15, 0.2) is 0 Å². The molecular weight excluding hydrogens is 388 g/mol. The van der Waals surface area contributed by atoms with Gasteiger partial charge in [-0.25, -0.2) is 0 Å². The Kier molecular flexibility index (Phi) is 17.6. The van der Waals surface area contributed by atoms with Crippen LogP contribution >= 0.6 is 0 Å². The van der Waals surface area contributed by atoms with Crippen molar-refractivity contribution in [3.63, 3.8) is 0 Å². The highest BCUT2D eigenvalue weighted by Crippen LogP contribution is 2.12. The van der Waals surface area contributed by atoms with Gasteiger partial charge in [0.2, 0.25) is 11.8 Å². The fourth-order valence-corrected chi connectivity index (χ4v) is 3.15. The lowest BCUT2D eigenvalue weighted by atomic mass is 10.1. The molecule has 0 aromatic heterocycles. The first-order valence-corrected chi connectivity index (χ1v) is 11.6. The normalized spacial score (nSPS) is 21.3. The molecule has 176 valence electrons. The summed E-state index contributed by atoms with van der Waals surface area (Å²) in [6, 6.07) is 0. The first-order valence-electron chi connectivity index (χ1n) is 11.6. The number of nitrogens with one attached hydrogen (secondary N) is 2. The van der Waals surface area contributed by atoms with E-state index in [0.717, 1.165) is 19.3 Å². The van der Waals surface area contributed by atoms with Gasteiger partial charge in [-0.15, -0.1) is 0 Å². The highest BCUT2D eigenvalue weighted by molar-refractivity contribution is 5.77. The molecule has 2 N–H and O–H groups in total. The highest BCUT2D eigenvalue weighted by Gasteiger charge is 2.13. The van der Waals surface area contributed by atoms with E-state index in [-0.39, 0.29) is 31.1 Å². The smallest absolute Gasteiger partial charge is 0.246 e. The Morgan fingerprint density at radius 3 is 1.93 bits per heavy atom. The summed E-state index contributed by atoms with van der Waals surface area (Å²) in [5.74, 6) is -0.353. The minimum atomic E-state index is -0.192. The number of ether oxygens (including phenoxy) is 4. The molecule has 1 saturated heterocycles. The van der Waals surface area contributed by atoms with Gasteiger partial charge in [-0.05, 0) is 6.42 Å². The summed E-state index contributed by atoms with van der Waals surface area (Å²) in [7, 11) is 0. The third-order valence-corrected chi connectivity index (χ3v) is 4.88. The third-order valence-electron chi connectivity index (χ3n) is 4.88. The van der Waals surface area contributed by atoms with Crippen LogP contribution in [0.4, 0.5) is 0 Å². The van der Waals surface area contributed by atoms with Crippen LogP contribution < -0.4 is 10.6 Å². The van der Waals surface area contributed by atoms with Gasteiger partial charge < -0.3 is 29.6 Å². The monoisotopic (exact) mass is 430 g/mol. The average Bonchev–Trinajstić information content (AvgIpc) is 2.74. The molecular formula is C22H42N2O6. The lowest BCUT2D eigenvalue weighted by Gasteiger charge is -2.18. The summed E-state index contributed by atoms with van der Waals surface area (Å²) in [6.45, 7) is 5.13. The molecule has 0 aliphatic carbocycles. The minimum Gasteiger partial charge on any atom is -0.377 e. The van der Waals surface area contributed by atoms with Crippen LogP contribution in [0.1, 0.15) is 64.7 Å². The third kappa shape index (κ3) is 16.6. The Morgan fingerprint density at radius 2 is 1.30 bits per heavy atom. The van der Waals surface area contributed by atoms with E-state index in [2.05, 4.69) is 17.6 Å². The number of carbonyl (C=O) groups is 2. The number of carbonyl (C=O) groups excluding carboxylic acids is 2. The van der Waals surface area contributed by atoms with Gasteiger partial charge in [-0.2, -0.15) is 0 Å². The summed E-state index contributed by atoms with van der Waals surface area (Å²) < 4.78 is 22.1. The first-order chi connectivity index (χ1) is 14.7. The van der Waals surface area contributed by atoms with Crippen LogP contribution in [0, 0.1) is 0 Å². The molecule has 0 aromatic rings. The molecule has 0 saturated carbocycles. The number of rotatable bonds is 9. The summed E-state index contributed by atoms with van der Waals surface area (Å²) in [5, 5.41) is 5.54. The van der Waals surface area contributed by atoms with Crippen LogP contribution in [0.2, 0.25) is 0 Å². The molecule has 8 heteroatoms. The van der Waals surface area contributed by atoms with Crippen LogP contribution in [0.3, 0.4) is 0 Å². The maximum Gasteiger partial charge on any atom is 0.246 e. The lowest BCUT2D eigenvalue weighted by Crippen LogP contribution is -2.35. The average molecular weight is 431 g/mol. The van der Waals surface area contributed by atoms with Crippen molar-refractivity contribution in [2.24, 2.45) is 0 Å². The molecule has 1 atom stereocenters. The quantitative estimate of drug-likeness (QED) is 0.545. The van der Waals surface area contributed by atoms with E-state index in [0.29, 0.717) is 46.1 Å². The number of hydrogen-bond donors (Lipinski definition) is 2. The topological polar surface area (TPSA) is 95.1 Å². The second-order valence-corrected chi connectivity index (χ2v) is 7.64. The van der Waals surface area contributed by atoms with Gasteiger partial charge in [0.15, 0.2) is 0 Å². The van der Waals surface area contributed by atoms with Crippen molar-refractivity contribution in [3.05, 3.63) is 0 Å². The van der Waals surface area contributed by atoms with E-state index in [1.54, 1.807) is 0 Å². The van der Waals surface area contributed by atoms with Crippen LogP contribution in [-0.4, -0.2) is 77.3 Å². The van der Waals surface area contributed by atoms with Crippen LogP contribution in [0.25, 0.3) is 0 Å². The van der Waals surface area contributed by atoms with E-state index in [4.69, 9.17) is 18.9 Å². The van der Waals surface area contributed by atoms with Crippen molar-refractivity contribution in [1.29, 1.82) is 0 Å². The maximum atomic E-state index is 12.0. The van der Waals surface area contributed by atoms with Gasteiger partial charge in [0.05, 0.1) is 39.1 Å².